The SMILES string of the molecule is COc1ccccc1N1CCN(CC(N)c2nc3ccc(F)cc3s2)CC1.O=C(O)/C=C/C(=O)O.O=C(O)/C=C/C(=O)O. The number of piperazine rings is 1. The number of benzene rings is 2. The number of halogens is 1. The van der Waals surface area contributed by atoms with Gasteiger partial charge < -0.3 is 35.8 Å². The van der Waals surface area contributed by atoms with E-state index in [1.807, 2.05) is 18.2 Å². The molecule has 43 heavy (non-hydrogen) atoms. The minimum atomic E-state index is -1.26. The molecule has 2 aromatic carbocycles. The molecule has 1 aromatic heterocycles. The molecule has 4 rings (SSSR count). The molecule has 0 amide bonds. The molecule has 0 bridgehead atoms. The van der Waals surface area contributed by atoms with Crippen LogP contribution in [0.5, 0.6) is 5.75 Å². The molecule has 1 aliphatic rings. The Morgan fingerprint density at radius 1 is 0.930 bits per heavy atom. The summed E-state index contributed by atoms with van der Waals surface area (Å²) in [4.78, 5) is 47.5. The maximum absolute atomic E-state index is 13.4. The van der Waals surface area contributed by atoms with Crippen LogP contribution >= 0.6 is 11.3 Å². The number of nitrogens with two attached hydrogens (primary N) is 1. The van der Waals surface area contributed by atoms with Crippen LogP contribution in [0.25, 0.3) is 10.2 Å². The van der Waals surface area contributed by atoms with Crippen LogP contribution in [0.2, 0.25) is 0 Å². The average Bonchev–Trinajstić information content (AvgIpc) is 3.40. The van der Waals surface area contributed by atoms with E-state index in [2.05, 4.69) is 20.9 Å². The maximum atomic E-state index is 13.4. The summed E-state index contributed by atoms with van der Waals surface area (Å²) in [5, 5.41) is 32.1. The standard InChI is InChI=1S/C20H23FN4OS.2C4H4O4/c1-26-18-5-3-2-4-17(18)25-10-8-24(9-11-25)13-15(22)20-23-16-7-6-14(21)12-19(16)27-20;2*5-3(6)1-2-4(7)8/h2-7,12,15H,8-11,13,22H2,1H3;2*1-2H,(H,5,6)(H,7,8)/b;2*2-1+. The number of anilines is 1. The monoisotopic (exact) mass is 618 g/mol. The Morgan fingerprint density at radius 2 is 1.47 bits per heavy atom. The van der Waals surface area contributed by atoms with Gasteiger partial charge in [-0.25, -0.2) is 28.6 Å². The lowest BCUT2D eigenvalue weighted by molar-refractivity contribution is -0.134. The minimum Gasteiger partial charge on any atom is -0.495 e. The number of para-hydroxylation sites is 2. The molecule has 3 aromatic rings. The number of carboxylic acids is 4. The summed E-state index contributed by atoms with van der Waals surface area (Å²) in [6.45, 7) is 4.48. The molecule has 0 radical (unpaired) electrons. The molecule has 0 spiro atoms. The van der Waals surface area contributed by atoms with Gasteiger partial charge in [-0.3, -0.25) is 4.90 Å². The zero-order valence-corrected chi connectivity index (χ0v) is 23.8. The Morgan fingerprint density at radius 3 is 1.98 bits per heavy atom. The summed E-state index contributed by atoms with van der Waals surface area (Å²) in [6.07, 6.45) is 2.23. The number of carbonyl (C=O) groups is 4. The van der Waals surface area contributed by atoms with E-state index in [4.69, 9.17) is 30.9 Å². The highest BCUT2D eigenvalue weighted by molar-refractivity contribution is 7.18. The van der Waals surface area contributed by atoms with Gasteiger partial charge >= 0.3 is 23.9 Å². The first kappa shape index (κ1) is 34.3. The molecule has 1 saturated heterocycles. The first-order chi connectivity index (χ1) is 20.4. The van der Waals surface area contributed by atoms with Crippen molar-refractivity contribution < 1.29 is 48.7 Å². The zero-order chi connectivity index (χ0) is 31.9. The number of aliphatic carboxylic acids is 4. The molecular weight excluding hydrogens is 587 g/mol. The molecule has 0 aliphatic carbocycles. The normalized spacial score (nSPS) is 14.0. The highest BCUT2D eigenvalue weighted by Crippen LogP contribution is 2.29. The number of ether oxygens (including phenoxy) is 1. The second kappa shape index (κ2) is 17.2. The third-order valence-electron chi connectivity index (χ3n) is 5.67. The fourth-order valence-electron chi connectivity index (χ4n) is 3.78. The van der Waals surface area contributed by atoms with Crippen LogP contribution in [0.4, 0.5) is 10.1 Å². The Balaban J connectivity index is 0.000000334. The van der Waals surface area contributed by atoms with Crippen molar-refractivity contribution in [3.63, 3.8) is 0 Å². The molecule has 15 heteroatoms. The predicted molar refractivity (Wildman–Crippen MR) is 157 cm³/mol. The highest BCUT2D eigenvalue weighted by atomic mass is 32.1. The third kappa shape index (κ3) is 12.3. The summed E-state index contributed by atoms with van der Waals surface area (Å²) in [5.74, 6) is -4.36. The molecule has 230 valence electrons. The summed E-state index contributed by atoms with van der Waals surface area (Å²) in [5.41, 5.74) is 8.35. The van der Waals surface area contributed by atoms with Gasteiger partial charge in [0, 0.05) is 57.0 Å². The third-order valence-corrected chi connectivity index (χ3v) is 6.82. The Bertz CT molecular complexity index is 1400. The Kier molecular flexibility index (Phi) is 13.7. The van der Waals surface area contributed by atoms with Gasteiger partial charge in [0.1, 0.15) is 16.6 Å². The molecule has 1 unspecified atom stereocenters. The van der Waals surface area contributed by atoms with Gasteiger partial charge in [-0.2, -0.15) is 0 Å². The molecule has 6 N–H and O–H groups in total. The number of rotatable bonds is 9. The lowest BCUT2D eigenvalue weighted by Gasteiger charge is -2.37. The molecule has 1 atom stereocenters. The lowest BCUT2D eigenvalue weighted by atomic mass is 10.2. The van der Waals surface area contributed by atoms with E-state index >= 15 is 0 Å². The van der Waals surface area contributed by atoms with Crippen LogP contribution in [0.3, 0.4) is 0 Å². The summed E-state index contributed by atoms with van der Waals surface area (Å²) < 4.78 is 19.7. The summed E-state index contributed by atoms with van der Waals surface area (Å²) >= 11 is 1.48. The molecule has 1 aliphatic heterocycles. The van der Waals surface area contributed by atoms with Crippen LogP contribution in [0.15, 0.2) is 66.8 Å². The van der Waals surface area contributed by atoms with Gasteiger partial charge in [0.2, 0.25) is 0 Å². The van der Waals surface area contributed by atoms with Crippen LogP contribution in [0.1, 0.15) is 11.0 Å². The highest BCUT2D eigenvalue weighted by Gasteiger charge is 2.22. The quantitative estimate of drug-likeness (QED) is 0.219. The Hall–Kier alpha value is -4.86. The summed E-state index contributed by atoms with van der Waals surface area (Å²) in [7, 11) is 1.71. The van der Waals surface area contributed by atoms with Crippen LogP contribution < -0.4 is 15.4 Å². The fourth-order valence-corrected chi connectivity index (χ4v) is 4.76. The molecular formula is C28H31FN4O9S. The van der Waals surface area contributed by atoms with E-state index in [0.29, 0.717) is 24.3 Å². The largest absolute Gasteiger partial charge is 0.495 e. The number of hydrogen-bond acceptors (Lipinski definition) is 10. The van der Waals surface area contributed by atoms with Crippen molar-refractivity contribution in [3.05, 3.63) is 77.6 Å². The first-order valence-corrected chi connectivity index (χ1v) is 13.4. The van der Waals surface area contributed by atoms with Crippen molar-refractivity contribution in [3.8, 4) is 5.75 Å². The fraction of sp³-hybridized carbons (Fsp3) is 0.250. The van der Waals surface area contributed by atoms with Gasteiger partial charge in [0.15, 0.2) is 0 Å². The smallest absolute Gasteiger partial charge is 0.328 e. The van der Waals surface area contributed by atoms with Crippen molar-refractivity contribution in [1.82, 2.24) is 9.88 Å². The lowest BCUT2D eigenvalue weighted by Crippen LogP contribution is -2.48. The molecule has 1 fully saturated rings. The number of aromatic nitrogens is 1. The molecule has 0 saturated carbocycles. The van der Waals surface area contributed by atoms with Gasteiger partial charge in [0.05, 0.1) is 29.1 Å². The second-order valence-corrected chi connectivity index (χ2v) is 9.81. The van der Waals surface area contributed by atoms with Gasteiger partial charge in [-0.05, 0) is 30.3 Å². The van der Waals surface area contributed by atoms with Gasteiger partial charge in [-0.1, -0.05) is 12.1 Å². The minimum absolute atomic E-state index is 0.164. The number of methoxy groups -OCH3 is 1. The van der Waals surface area contributed by atoms with Crippen molar-refractivity contribution in [1.29, 1.82) is 0 Å². The van der Waals surface area contributed by atoms with Crippen molar-refractivity contribution in [2.75, 3.05) is 44.7 Å². The molecule has 2 heterocycles. The topological polar surface area (TPSA) is 204 Å². The predicted octanol–water partition coefficient (Wildman–Crippen LogP) is 2.69. The van der Waals surface area contributed by atoms with Crippen molar-refractivity contribution >= 4 is 51.1 Å². The first-order valence-electron chi connectivity index (χ1n) is 12.6. The van der Waals surface area contributed by atoms with Crippen LogP contribution in [0, 0.1) is 5.82 Å². The van der Waals surface area contributed by atoms with Crippen LogP contribution in [-0.2, 0) is 19.2 Å². The number of thiazole rings is 1. The van der Waals surface area contributed by atoms with E-state index in [1.165, 1.54) is 23.5 Å². The second-order valence-electron chi connectivity index (χ2n) is 8.75. The maximum Gasteiger partial charge on any atom is 0.328 e. The van der Waals surface area contributed by atoms with Crippen LogP contribution in [-0.4, -0.2) is 94.0 Å². The molecule has 13 nitrogen and oxygen atoms in total. The van der Waals surface area contributed by atoms with E-state index in [-0.39, 0.29) is 11.9 Å². The van der Waals surface area contributed by atoms with Crippen molar-refractivity contribution in [2.45, 2.75) is 6.04 Å². The zero-order valence-electron chi connectivity index (χ0n) is 23.0. The number of nitrogens with zero attached hydrogens (tertiary/aromatic N) is 3. The average molecular weight is 619 g/mol. The number of hydrogen-bond donors (Lipinski definition) is 5. The van der Waals surface area contributed by atoms with Gasteiger partial charge in [0.25, 0.3) is 0 Å². The van der Waals surface area contributed by atoms with Gasteiger partial charge in [-0.15, -0.1) is 11.3 Å². The number of carboxylic acid groups (broad SMARTS) is 4. The number of fused-ring (bicyclic) bond motifs is 1. The van der Waals surface area contributed by atoms with E-state index < -0.39 is 23.9 Å². The van der Waals surface area contributed by atoms with E-state index in [0.717, 1.165) is 59.4 Å². The summed E-state index contributed by atoms with van der Waals surface area (Å²) in [6, 6.07) is 12.6. The Labute approximate surface area is 249 Å². The van der Waals surface area contributed by atoms with E-state index in [9.17, 15) is 23.6 Å². The van der Waals surface area contributed by atoms with Crippen molar-refractivity contribution in [2.24, 2.45) is 5.73 Å². The van der Waals surface area contributed by atoms with E-state index in [1.54, 1.807) is 13.2 Å².